The molecule has 8 nitrogen and oxygen atoms in total. The summed E-state index contributed by atoms with van der Waals surface area (Å²) in [6, 6.07) is 20.5. The molecule has 39 heavy (non-hydrogen) atoms. The predicted molar refractivity (Wildman–Crippen MR) is 153 cm³/mol. The Bertz CT molecular complexity index is 1370. The first-order valence-electron chi connectivity index (χ1n) is 12.6. The smallest absolute Gasteiger partial charge is 0.264 e. The van der Waals surface area contributed by atoms with Crippen LogP contribution in [0.15, 0.2) is 83.8 Å². The van der Waals surface area contributed by atoms with E-state index in [1.54, 1.807) is 73.7 Å². The highest BCUT2D eigenvalue weighted by Crippen LogP contribution is 2.26. The van der Waals surface area contributed by atoms with Gasteiger partial charge in [-0.25, -0.2) is 8.42 Å². The molecule has 1 N–H and O–H groups in total. The van der Waals surface area contributed by atoms with Crippen molar-refractivity contribution in [3.63, 3.8) is 0 Å². The number of hydrogen-bond donors (Lipinski definition) is 1. The van der Waals surface area contributed by atoms with E-state index in [9.17, 15) is 18.0 Å². The summed E-state index contributed by atoms with van der Waals surface area (Å²) >= 11 is 6.38. The van der Waals surface area contributed by atoms with E-state index in [0.29, 0.717) is 28.6 Å². The molecule has 0 aliphatic carbocycles. The molecule has 0 aromatic heterocycles. The second-order valence-electron chi connectivity index (χ2n) is 9.45. The van der Waals surface area contributed by atoms with Crippen molar-refractivity contribution in [2.75, 3.05) is 24.5 Å². The minimum atomic E-state index is -4.15. The third-order valence-corrected chi connectivity index (χ3v) is 8.28. The molecular formula is C29H34ClN3O5S. The van der Waals surface area contributed by atoms with E-state index in [1.807, 2.05) is 13.8 Å². The van der Waals surface area contributed by atoms with Gasteiger partial charge in [-0.15, -0.1) is 0 Å². The van der Waals surface area contributed by atoms with E-state index in [2.05, 4.69) is 5.32 Å². The highest BCUT2D eigenvalue weighted by atomic mass is 35.5. The van der Waals surface area contributed by atoms with Gasteiger partial charge in [0.1, 0.15) is 18.3 Å². The first-order chi connectivity index (χ1) is 18.5. The van der Waals surface area contributed by atoms with Crippen molar-refractivity contribution in [1.29, 1.82) is 0 Å². The van der Waals surface area contributed by atoms with E-state index in [1.165, 1.54) is 24.1 Å². The number of hydrogen-bond acceptors (Lipinski definition) is 5. The number of carbonyl (C=O) groups is 2. The van der Waals surface area contributed by atoms with Crippen molar-refractivity contribution in [1.82, 2.24) is 10.2 Å². The van der Waals surface area contributed by atoms with Crippen molar-refractivity contribution in [3.05, 3.63) is 89.4 Å². The molecule has 0 saturated heterocycles. The number of methoxy groups -OCH3 is 1. The molecule has 10 heteroatoms. The van der Waals surface area contributed by atoms with Crippen LogP contribution in [0.25, 0.3) is 0 Å². The molecule has 0 aliphatic rings. The maximum Gasteiger partial charge on any atom is 0.264 e. The Morgan fingerprint density at radius 2 is 1.54 bits per heavy atom. The van der Waals surface area contributed by atoms with E-state index >= 15 is 0 Å². The summed E-state index contributed by atoms with van der Waals surface area (Å²) < 4.78 is 33.8. The lowest BCUT2D eigenvalue weighted by Gasteiger charge is -2.32. The molecule has 0 spiro atoms. The largest absolute Gasteiger partial charge is 0.497 e. The number of carbonyl (C=O) groups excluding carboxylic acids is 2. The van der Waals surface area contributed by atoms with Gasteiger partial charge >= 0.3 is 0 Å². The Kier molecular flexibility index (Phi) is 10.4. The molecular weight excluding hydrogens is 538 g/mol. The van der Waals surface area contributed by atoms with Crippen LogP contribution in [0.4, 0.5) is 5.69 Å². The Labute approximate surface area is 235 Å². The van der Waals surface area contributed by atoms with Crippen molar-refractivity contribution in [2.45, 2.75) is 38.3 Å². The maximum absolute atomic E-state index is 13.9. The van der Waals surface area contributed by atoms with Gasteiger partial charge in [-0.2, -0.15) is 0 Å². The zero-order valence-electron chi connectivity index (χ0n) is 22.5. The average molecular weight is 572 g/mol. The number of nitrogens with zero attached hydrogens (tertiary/aromatic N) is 2. The Hall–Kier alpha value is -3.56. The van der Waals surface area contributed by atoms with Gasteiger partial charge < -0.3 is 15.0 Å². The number of nitrogens with one attached hydrogen (secondary N) is 1. The highest BCUT2D eigenvalue weighted by molar-refractivity contribution is 7.92. The molecule has 3 aromatic carbocycles. The van der Waals surface area contributed by atoms with Crippen molar-refractivity contribution in [3.8, 4) is 5.75 Å². The van der Waals surface area contributed by atoms with Crippen molar-refractivity contribution < 1.29 is 22.7 Å². The first kappa shape index (κ1) is 30.0. The third-order valence-electron chi connectivity index (χ3n) is 6.12. The number of amides is 2. The topological polar surface area (TPSA) is 96.0 Å². The molecule has 208 valence electrons. The first-order valence-corrected chi connectivity index (χ1v) is 14.4. The SMILES string of the molecule is COc1ccc(S(=O)(=O)N(CC(=O)N(Cc2ccccc2Cl)C(C)C(=O)NCC(C)C)c2ccccc2)cc1. The Morgan fingerprint density at radius 3 is 2.13 bits per heavy atom. The fourth-order valence-corrected chi connectivity index (χ4v) is 5.45. The Morgan fingerprint density at radius 1 is 0.923 bits per heavy atom. The lowest BCUT2D eigenvalue weighted by atomic mass is 10.1. The summed E-state index contributed by atoms with van der Waals surface area (Å²) in [6.45, 7) is 5.51. The van der Waals surface area contributed by atoms with Gasteiger partial charge in [0.2, 0.25) is 11.8 Å². The van der Waals surface area contributed by atoms with Gasteiger partial charge in [0.05, 0.1) is 17.7 Å². The van der Waals surface area contributed by atoms with Crippen LogP contribution < -0.4 is 14.4 Å². The van der Waals surface area contributed by atoms with Crippen LogP contribution in [0.5, 0.6) is 5.75 Å². The quantitative estimate of drug-likeness (QED) is 0.339. The normalized spacial score (nSPS) is 12.1. The second-order valence-corrected chi connectivity index (χ2v) is 11.7. The summed E-state index contributed by atoms with van der Waals surface area (Å²) in [4.78, 5) is 28.3. The van der Waals surface area contributed by atoms with Crippen LogP contribution in [-0.2, 0) is 26.2 Å². The number of halogens is 1. The monoisotopic (exact) mass is 571 g/mol. The third kappa shape index (κ3) is 7.74. The zero-order chi connectivity index (χ0) is 28.6. The van der Waals surface area contributed by atoms with Crippen LogP contribution in [0.1, 0.15) is 26.3 Å². The minimum absolute atomic E-state index is 0.000307. The van der Waals surface area contributed by atoms with E-state index in [0.717, 1.165) is 4.31 Å². The van der Waals surface area contributed by atoms with Crippen LogP contribution in [0, 0.1) is 5.92 Å². The molecule has 0 bridgehead atoms. The molecule has 0 aliphatic heterocycles. The van der Waals surface area contributed by atoms with Crippen LogP contribution in [0.2, 0.25) is 5.02 Å². The van der Waals surface area contributed by atoms with E-state index in [4.69, 9.17) is 16.3 Å². The number of benzene rings is 3. The van der Waals surface area contributed by atoms with Gasteiger partial charge in [0.25, 0.3) is 10.0 Å². The maximum atomic E-state index is 13.9. The molecule has 3 rings (SSSR count). The summed E-state index contributed by atoms with van der Waals surface area (Å²) in [5.41, 5.74) is 0.955. The molecule has 2 amide bonds. The molecule has 3 aromatic rings. The molecule has 0 saturated carbocycles. The molecule has 1 atom stereocenters. The predicted octanol–water partition coefficient (Wildman–Crippen LogP) is 4.73. The average Bonchev–Trinajstić information content (AvgIpc) is 2.94. The van der Waals surface area contributed by atoms with Crippen LogP contribution in [-0.4, -0.2) is 51.4 Å². The van der Waals surface area contributed by atoms with Gasteiger partial charge in [-0.1, -0.05) is 61.8 Å². The molecule has 0 radical (unpaired) electrons. The van der Waals surface area contributed by atoms with Gasteiger partial charge in [-0.3, -0.25) is 13.9 Å². The van der Waals surface area contributed by atoms with Gasteiger partial charge in [0.15, 0.2) is 0 Å². The Balaban J connectivity index is 1.99. The lowest BCUT2D eigenvalue weighted by molar-refractivity contribution is -0.139. The number of sulfonamides is 1. The van der Waals surface area contributed by atoms with Crippen LogP contribution in [0.3, 0.4) is 0 Å². The summed E-state index contributed by atoms with van der Waals surface area (Å²) in [5.74, 6) is -0.169. The lowest BCUT2D eigenvalue weighted by Crippen LogP contribution is -2.51. The molecule has 0 fully saturated rings. The number of anilines is 1. The number of para-hydroxylation sites is 1. The van der Waals surface area contributed by atoms with Crippen LogP contribution >= 0.6 is 11.6 Å². The van der Waals surface area contributed by atoms with Crippen molar-refractivity contribution in [2.24, 2.45) is 5.92 Å². The highest BCUT2D eigenvalue weighted by Gasteiger charge is 2.32. The standard InChI is InChI=1S/C29H34ClN3O5S/c1-21(2)18-31-29(35)22(3)32(19-23-10-8-9-13-27(23)30)28(34)20-33(24-11-6-5-7-12-24)39(36,37)26-16-14-25(38-4)15-17-26/h5-17,21-22H,18-20H2,1-4H3,(H,31,35). The second kappa shape index (κ2) is 13.5. The fraction of sp³-hybridized carbons (Fsp3) is 0.310. The van der Waals surface area contributed by atoms with Gasteiger partial charge in [0, 0.05) is 18.1 Å². The van der Waals surface area contributed by atoms with Gasteiger partial charge in [-0.05, 0) is 60.9 Å². The summed E-state index contributed by atoms with van der Waals surface area (Å²) in [7, 11) is -2.66. The fourth-order valence-electron chi connectivity index (χ4n) is 3.84. The summed E-state index contributed by atoms with van der Waals surface area (Å²) in [6.07, 6.45) is 0. The number of rotatable bonds is 12. The zero-order valence-corrected chi connectivity index (χ0v) is 24.1. The molecule has 1 unspecified atom stereocenters. The minimum Gasteiger partial charge on any atom is -0.497 e. The van der Waals surface area contributed by atoms with E-state index < -0.39 is 28.5 Å². The number of ether oxygens (including phenoxy) is 1. The molecule has 0 heterocycles. The van der Waals surface area contributed by atoms with E-state index in [-0.39, 0.29) is 23.3 Å². The van der Waals surface area contributed by atoms with Crippen molar-refractivity contribution >= 4 is 39.1 Å². The summed E-state index contributed by atoms with van der Waals surface area (Å²) in [5, 5.41) is 3.30.